The van der Waals surface area contributed by atoms with Crippen LogP contribution in [0.1, 0.15) is 15.9 Å². The SMILES string of the molecule is O=C(NCc1ccccc1Sc1ccccc1)c1cnc2ccccn2c1=O. The first-order valence-corrected chi connectivity index (χ1v) is 9.59. The summed E-state index contributed by atoms with van der Waals surface area (Å²) < 4.78 is 1.37. The minimum absolute atomic E-state index is 0.0249. The van der Waals surface area contributed by atoms with E-state index in [9.17, 15) is 9.59 Å². The third-order valence-electron chi connectivity index (χ3n) is 4.24. The molecule has 0 bridgehead atoms. The number of benzene rings is 2. The molecule has 0 saturated carbocycles. The maximum Gasteiger partial charge on any atom is 0.270 e. The summed E-state index contributed by atoms with van der Waals surface area (Å²) in [5, 5.41) is 2.84. The third kappa shape index (κ3) is 3.82. The molecule has 138 valence electrons. The molecule has 2 aromatic heterocycles. The third-order valence-corrected chi connectivity index (χ3v) is 5.37. The van der Waals surface area contributed by atoms with Gasteiger partial charge in [-0.1, -0.05) is 54.2 Å². The van der Waals surface area contributed by atoms with Crippen LogP contribution in [0.4, 0.5) is 0 Å². The first-order chi connectivity index (χ1) is 13.7. The largest absolute Gasteiger partial charge is 0.348 e. The van der Waals surface area contributed by atoms with Gasteiger partial charge in [-0.25, -0.2) is 4.98 Å². The summed E-state index contributed by atoms with van der Waals surface area (Å²) in [6, 6.07) is 23.2. The number of rotatable bonds is 5. The van der Waals surface area contributed by atoms with E-state index in [-0.39, 0.29) is 11.1 Å². The highest BCUT2D eigenvalue weighted by Gasteiger charge is 2.13. The zero-order chi connectivity index (χ0) is 19.3. The lowest BCUT2D eigenvalue weighted by Crippen LogP contribution is -2.31. The average molecular weight is 387 g/mol. The maximum atomic E-state index is 12.6. The molecule has 0 fully saturated rings. The van der Waals surface area contributed by atoms with Crippen LogP contribution in [0.15, 0.2) is 99.8 Å². The number of pyridine rings is 1. The van der Waals surface area contributed by atoms with Gasteiger partial charge >= 0.3 is 0 Å². The van der Waals surface area contributed by atoms with E-state index in [4.69, 9.17) is 0 Å². The molecule has 0 saturated heterocycles. The maximum absolute atomic E-state index is 12.6. The Kier molecular flexibility index (Phi) is 5.21. The van der Waals surface area contributed by atoms with Crippen molar-refractivity contribution >= 4 is 23.3 Å². The highest BCUT2D eigenvalue weighted by molar-refractivity contribution is 7.99. The fraction of sp³-hybridized carbons (Fsp3) is 0.0455. The van der Waals surface area contributed by atoms with Crippen LogP contribution in [0.5, 0.6) is 0 Å². The summed E-state index contributed by atoms with van der Waals surface area (Å²) in [5.41, 5.74) is 1.14. The van der Waals surface area contributed by atoms with E-state index in [0.717, 1.165) is 15.4 Å². The molecule has 1 N–H and O–H groups in total. The van der Waals surface area contributed by atoms with Crippen molar-refractivity contribution in [2.45, 2.75) is 16.3 Å². The van der Waals surface area contributed by atoms with Crippen molar-refractivity contribution in [3.8, 4) is 0 Å². The molecule has 0 unspecified atom stereocenters. The molecule has 0 radical (unpaired) electrons. The molecule has 0 aliphatic carbocycles. The van der Waals surface area contributed by atoms with Gasteiger partial charge in [-0.2, -0.15) is 0 Å². The fourth-order valence-corrected chi connectivity index (χ4v) is 3.78. The van der Waals surface area contributed by atoms with E-state index in [1.54, 1.807) is 36.2 Å². The molecular weight excluding hydrogens is 370 g/mol. The summed E-state index contributed by atoms with van der Waals surface area (Å²) in [4.78, 5) is 31.5. The second kappa shape index (κ2) is 8.10. The Balaban J connectivity index is 1.53. The number of amides is 1. The Bertz CT molecular complexity index is 1190. The molecule has 0 atom stereocenters. The molecule has 2 heterocycles. The molecule has 0 spiro atoms. The molecule has 4 rings (SSSR count). The van der Waals surface area contributed by atoms with E-state index in [2.05, 4.69) is 10.3 Å². The van der Waals surface area contributed by atoms with Crippen molar-refractivity contribution in [3.63, 3.8) is 0 Å². The number of fused-ring (bicyclic) bond motifs is 1. The second-order valence-corrected chi connectivity index (χ2v) is 7.23. The summed E-state index contributed by atoms with van der Waals surface area (Å²) in [6.45, 7) is 0.325. The van der Waals surface area contributed by atoms with Crippen LogP contribution < -0.4 is 10.9 Å². The smallest absolute Gasteiger partial charge is 0.270 e. The van der Waals surface area contributed by atoms with Gasteiger partial charge in [-0.05, 0) is 35.9 Å². The Labute approximate surface area is 166 Å². The first kappa shape index (κ1) is 18.0. The lowest BCUT2D eigenvalue weighted by atomic mass is 10.2. The van der Waals surface area contributed by atoms with Crippen molar-refractivity contribution in [3.05, 3.63) is 107 Å². The zero-order valence-electron chi connectivity index (χ0n) is 14.9. The van der Waals surface area contributed by atoms with Crippen molar-refractivity contribution in [2.75, 3.05) is 0 Å². The van der Waals surface area contributed by atoms with Crippen molar-refractivity contribution < 1.29 is 4.79 Å². The molecule has 6 heteroatoms. The summed E-state index contributed by atoms with van der Waals surface area (Å²) >= 11 is 1.64. The van der Waals surface area contributed by atoms with Crippen LogP contribution in [0.25, 0.3) is 5.65 Å². The predicted molar refractivity (Wildman–Crippen MR) is 110 cm³/mol. The van der Waals surface area contributed by atoms with Crippen LogP contribution in [0, 0.1) is 0 Å². The second-order valence-electron chi connectivity index (χ2n) is 6.11. The van der Waals surface area contributed by atoms with Gasteiger partial charge in [0.05, 0.1) is 0 Å². The lowest BCUT2D eigenvalue weighted by Gasteiger charge is -2.10. The first-order valence-electron chi connectivity index (χ1n) is 8.78. The highest BCUT2D eigenvalue weighted by Crippen LogP contribution is 2.30. The number of hydrogen-bond donors (Lipinski definition) is 1. The molecule has 2 aromatic carbocycles. The topological polar surface area (TPSA) is 63.5 Å². The predicted octanol–water partition coefficient (Wildman–Crippen LogP) is 3.78. The highest BCUT2D eigenvalue weighted by atomic mass is 32.2. The van der Waals surface area contributed by atoms with Crippen LogP contribution in [0.3, 0.4) is 0 Å². The Morgan fingerprint density at radius 2 is 1.71 bits per heavy atom. The quantitative estimate of drug-likeness (QED) is 0.566. The van der Waals surface area contributed by atoms with E-state index in [1.165, 1.54) is 10.6 Å². The fourth-order valence-electron chi connectivity index (χ4n) is 2.82. The summed E-state index contributed by atoms with van der Waals surface area (Å²) in [6.07, 6.45) is 2.94. The van der Waals surface area contributed by atoms with Crippen LogP contribution in [0.2, 0.25) is 0 Å². The average Bonchev–Trinajstić information content (AvgIpc) is 2.74. The lowest BCUT2D eigenvalue weighted by molar-refractivity contribution is 0.0948. The number of carbonyl (C=O) groups is 1. The van der Waals surface area contributed by atoms with Gasteiger partial charge in [0.1, 0.15) is 11.2 Å². The molecule has 28 heavy (non-hydrogen) atoms. The van der Waals surface area contributed by atoms with Crippen molar-refractivity contribution in [2.24, 2.45) is 0 Å². The number of aromatic nitrogens is 2. The van der Waals surface area contributed by atoms with Crippen molar-refractivity contribution in [1.82, 2.24) is 14.7 Å². The van der Waals surface area contributed by atoms with Gasteiger partial charge in [-0.3, -0.25) is 14.0 Å². The van der Waals surface area contributed by atoms with Crippen molar-refractivity contribution in [1.29, 1.82) is 0 Å². The van der Waals surface area contributed by atoms with Gasteiger partial charge in [-0.15, -0.1) is 0 Å². The summed E-state index contributed by atoms with van der Waals surface area (Å²) in [7, 11) is 0. The standard InChI is InChI=1S/C22H17N3O2S/c26-21(18-15-23-20-12-6-7-13-25(20)22(18)27)24-14-16-8-4-5-11-19(16)28-17-9-2-1-3-10-17/h1-13,15H,14H2,(H,24,26). The number of nitrogens with one attached hydrogen (secondary N) is 1. The van der Waals surface area contributed by atoms with E-state index in [0.29, 0.717) is 12.2 Å². The van der Waals surface area contributed by atoms with Crippen LogP contribution >= 0.6 is 11.8 Å². The molecular formula is C22H17N3O2S. The summed E-state index contributed by atoms with van der Waals surface area (Å²) in [5.74, 6) is -0.435. The molecule has 0 aliphatic rings. The minimum Gasteiger partial charge on any atom is -0.348 e. The van der Waals surface area contributed by atoms with Gasteiger partial charge < -0.3 is 5.32 Å². The van der Waals surface area contributed by atoms with E-state index < -0.39 is 5.91 Å². The van der Waals surface area contributed by atoms with Gasteiger partial charge in [0.2, 0.25) is 0 Å². The zero-order valence-corrected chi connectivity index (χ0v) is 15.7. The van der Waals surface area contributed by atoms with Crippen LogP contribution in [-0.4, -0.2) is 15.3 Å². The Morgan fingerprint density at radius 1 is 0.964 bits per heavy atom. The van der Waals surface area contributed by atoms with E-state index in [1.807, 2.05) is 54.6 Å². The normalized spacial score (nSPS) is 10.7. The monoisotopic (exact) mass is 387 g/mol. The molecule has 4 aromatic rings. The molecule has 1 amide bonds. The van der Waals surface area contributed by atoms with Crippen LogP contribution in [-0.2, 0) is 6.54 Å². The minimum atomic E-state index is -0.435. The van der Waals surface area contributed by atoms with Gasteiger partial charge in [0.25, 0.3) is 11.5 Å². The van der Waals surface area contributed by atoms with Gasteiger partial charge in [0, 0.05) is 28.7 Å². The Morgan fingerprint density at radius 3 is 2.57 bits per heavy atom. The number of hydrogen-bond acceptors (Lipinski definition) is 4. The Hall–Kier alpha value is -3.38. The molecule has 0 aliphatic heterocycles. The van der Waals surface area contributed by atoms with Gasteiger partial charge in [0.15, 0.2) is 0 Å². The van der Waals surface area contributed by atoms with E-state index >= 15 is 0 Å². The number of nitrogens with zero attached hydrogens (tertiary/aromatic N) is 2. The molecule has 5 nitrogen and oxygen atoms in total. The number of carbonyl (C=O) groups excluding carboxylic acids is 1.